The van der Waals surface area contributed by atoms with Gasteiger partial charge in [0.25, 0.3) is 15.9 Å². The van der Waals surface area contributed by atoms with E-state index < -0.39 is 15.8 Å². The fourth-order valence-corrected chi connectivity index (χ4v) is 4.27. The SMILES string of the molecule is CCN1CCN(C(=O)c2ccc(NS(=O)(=O)c3ccc(F)c(C)c3)cc2)CC1. The second kappa shape index (κ2) is 8.28. The summed E-state index contributed by atoms with van der Waals surface area (Å²) in [5, 5.41) is 0. The van der Waals surface area contributed by atoms with Gasteiger partial charge in [-0.3, -0.25) is 9.52 Å². The molecule has 6 nitrogen and oxygen atoms in total. The van der Waals surface area contributed by atoms with Gasteiger partial charge in [-0.05, 0) is 61.5 Å². The molecule has 3 rings (SSSR count). The summed E-state index contributed by atoms with van der Waals surface area (Å²) in [7, 11) is -3.83. The van der Waals surface area contributed by atoms with Crippen LogP contribution in [0.4, 0.5) is 10.1 Å². The van der Waals surface area contributed by atoms with Gasteiger partial charge in [-0.25, -0.2) is 12.8 Å². The summed E-state index contributed by atoms with van der Waals surface area (Å²) in [6.45, 7) is 7.68. The minimum absolute atomic E-state index is 0.0136. The standard InChI is InChI=1S/C20H24FN3O3S/c1-3-23-10-12-24(13-11-23)20(25)16-4-6-17(7-5-16)22-28(26,27)18-8-9-19(21)15(2)14-18/h4-9,14,22H,3,10-13H2,1-2H3. The van der Waals surface area contributed by atoms with E-state index in [1.165, 1.54) is 19.1 Å². The van der Waals surface area contributed by atoms with Gasteiger partial charge in [-0.1, -0.05) is 6.92 Å². The Morgan fingerprint density at radius 1 is 1.07 bits per heavy atom. The maximum atomic E-state index is 13.4. The van der Waals surface area contributed by atoms with E-state index in [9.17, 15) is 17.6 Å². The molecule has 1 aliphatic rings. The Bertz CT molecular complexity index is 953. The number of rotatable bonds is 5. The topological polar surface area (TPSA) is 69.7 Å². The summed E-state index contributed by atoms with van der Waals surface area (Å²) >= 11 is 0. The Balaban J connectivity index is 1.68. The normalized spacial score (nSPS) is 15.5. The molecular weight excluding hydrogens is 381 g/mol. The van der Waals surface area contributed by atoms with E-state index in [0.29, 0.717) is 24.3 Å². The van der Waals surface area contributed by atoms with Gasteiger partial charge in [0.05, 0.1) is 4.90 Å². The molecule has 0 unspecified atom stereocenters. The van der Waals surface area contributed by atoms with Crippen LogP contribution in [0.25, 0.3) is 0 Å². The zero-order valence-corrected chi connectivity index (χ0v) is 16.8. The minimum Gasteiger partial charge on any atom is -0.336 e. The molecule has 0 aromatic heterocycles. The molecule has 0 radical (unpaired) electrons. The maximum absolute atomic E-state index is 13.4. The summed E-state index contributed by atoms with van der Waals surface area (Å²) in [5.41, 5.74) is 1.12. The van der Waals surface area contributed by atoms with Crippen molar-refractivity contribution >= 4 is 21.6 Å². The molecule has 1 amide bonds. The van der Waals surface area contributed by atoms with Gasteiger partial charge in [0.1, 0.15) is 5.82 Å². The zero-order valence-electron chi connectivity index (χ0n) is 16.0. The second-order valence-corrected chi connectivity index (χ2v) is 8.50. The highest BCUT2D eigenvalue weighted by atomic mass is 32.2. The number of nitrogens with zero attached hydrogens (tertiary/aromatic N) is 2. The number of piperazine rings is 1. The van der Waals surface area contributed by atoms with Crippen molar-refractivity contribution in [3.8, 4) is 0 Å². The summed E-state index contributed by atoms with van der Waals surface area (Å²) in [5.74, 6) is -0.513. The molecule has 1 aliphatic heterocycles. The number of likely N-dealkylation sites (N-methyl/N-ethyl adjacent to an activating group) is 1. The van der Waals surface area contributed by atoms with Crippen LogP contribution in [0.2, 0.25) is 0 Å². The monoisotopic (exact) mass is 405 g/mol. The first-order chi connectivity index (χ1) is 13.3. The third-order valence-corrected chi connectivity index (χ3v) is 6.31. The number of carbonyl (C=O) groups is 1. The van der Waals surface area contributed by atoms with Crippen molar-refractivity contribution in [1.29, 1.82) is 0 Å². The number of nitrogens with one attached hydrogen (secondary N) is 1. The van der Waals surface area contributed by atoms with Crippen molar-refractivity contribution in [2.45, 2.75) is 18.7 Å². The summed E-state index contributed by atoms with van der Waals surface area (Å²) in [6.07, 6.45) is 0. The summed E-state index contributed by atoms with van der Waals surface area (Å²) in [4.78, 5) is 16.7. The number of sulfonamides is 1. The van der Waals surface area contributed by atoms with Gasteiger partial charge in [0, 0.05) is 37.4 Å². The molecule has 0 bridgehead atoms. The average Bonchev–Trinajstić information content (AvgIpc) is 2.70. The van der Waals surface area contributed by atoms with E-state index in [1.54, 1.807) is 24.3 Å². The van der Waals surface area contributed by atoms with Crippen LogP contribution in [0.3, 0.4) is 0 Å². The van der Waals surface area contributed by atoms with Crippen molar-refractivity contribution < 1.29 is 17.6 Å². The lowest BCUT2D eigenvalue weighted by atomic mass is 10.1. The maximum Gasteiger partial charge on any atom is 0.261 e. The zero-order chi connectivity index (χ0) is 20.3. The Kier molecular flexibility index (Phi) is 6.00. The molecule has 0 spiro atoms. The number of amides is 1. The Labute approximate surface area is 165 Å². The third-order valence-electron chi connectivity index (χ3n) is 4.93. The molecule has 1 fully saturated rings. The van der Waals surface area contributed by atoms with Gasteiger partial charge in [-0.15, -0.1) is 0 Å². The number of carbonyl (C=O) groups excluding carboxylic acids is 1. The predicted octanol–water partition coefficient (Wildman–Crippen LogP) is 2.71. The van der Waals surface area contributed by atoms with Crippen LogP contribution in [-0.2, 0) is 10.0 Å². The van der Waals surface area contributed by atoms with Crippen molar-refractivity contribution in [2.24, 2.45) is 0 Å². The molecule has 2 aromatic rings. The second-order valence-electron chi connectivity index (χ2n) is 6.82. The molecule has 0 aliphatic carbocycles. The van der Waals surface area contributed by atoms with Gasteiger partial charge in [0.15, 0.2) is 0 Å². The summed E-state index contributed by atoms with van der Waals surface area (Å²) in [6, 6.07) is 9.98. The molecule has 28 heavy (non-hydrogen) atoms. The van der Waals surface area contributed by atoms with Crippen LogP contribution in [0.5, 0.6) is 0 Å². The molecule has 0 saturated carbocycles. The molecule has 2 aromatic carbocycles. The van der Waals surface area contributed by atoms with E-state index in [4.69, 9.17) is 0 Å². The lowest BCUT2D eigenvalue weighted by Gasteiger charge is -2.34. The lowest BCUT2D eigenvalue weighted by Crippen LogP contribution is -2.48. The van der Waals surface area contributed by atoms with Crippen molar-refractivity contribution in [3.05, 3.63) is 59.4 Å². The number of aryl methyl sites for hydroxylation is 1. The van der Waals surface area contributed by atoms with Crippen molar-refractivity contribution in [1.82, 2.24) is 9.80 Å². The van der Waals surface area contributed by atoms with Gasteiger partial charge in [0.2, 0.25) is 0 Å². The van der Waals surface area contributed by atoms with Crippen LogP contribution >= 0.6 is 0 Å². The van der Waals surface area contributed by atoms with Crippen LogP contribution < -0.4 is 4.72 Å². The van der Waals surface area contributed by atoms with E-state index in [2.05, 4.69) is 16.5 Å². The lowest BCUT2D eigenvalue weighted by molar-refractivity contribution is 0.0643. The van der Waals surface area contributed by atoms with Gasteiger partial charge < -0.3 is 9.80 Å². The summed E-state index contributed by atoms with van der Waals surface area (Å²) < 4.78 is 40.8. The van der Waals surface area contributed by atoms with Crippen LogP contribution in [0.1, 0.15) is 22.8 Å². The Morgan fingerprint density at radius 2 is 1.71 bits per heavy atom. The van der Waals surface area contributed by atoms with Gasteiger partial charge in [-0.2, -0.15) is 0 Å². The number of benzene rings is 2. The number of halogens is 1. The van der Waals surface area contributed by atoms with Crippen LogP contribution in [0.15, 0.2) is 47.4 Å². The third kappa shape index (κ3) is 4.51. The molecule has 1 saturated heterocycles. The number of anilines is 1. The molecule has 150 valence electrons. The largest absolute Gasteiger partial charge is 0.336 e. The first-order valence-electron chi connectivity index (χ1n) is 9.21. The van der Waals surface area contributed by atoms with Gasteiger partial charge >= 0.3 is 0 Å². The molecule has 1 heterocycles. The molecule has 0 atom stereocenters. The molecular formula is C20H24FN3O3S. The Hall–Kier alpha value is -2.45. The van der Waals surface area contributed by atoms with Crippen molar-refractivity contribution in [3.63, 3.8) is 0 Å². The minimum atomic E-state index is -3.83. The first kappa shape index (κ1) is 20.3. The van der Waals surface area contributed by atoms with Crippen molar-refractivity contribution in [2.75, 3.05) is 37.4 Å². The quantitative estimate of drug-likeness (QED) is 0.831. The highest BCUT2D eigenvalue weighted by Crippen LogP contribution is 2.19. The number of hydrogen-bond acceptors (Lipinski definition) is 4. The fraction of sp³-hybridized carbons (Fsp3) is 0.350. The van der Waals surface area contributed by atoms with E-state index in [0.717, 1.165) is 25.7 Å². The van der Waals surface area contributed by atoms with Crippen LogP contribution in [-0.4, -0.2) is 56.8 Å². The first-order valence-corrected chi connectivity index (χ1v) is 10.7. The van der Waals surface area contributed by atoms with Crippen LogP contribution in [0, 0.1) is 12.7 Å². The molecule has 8 heteroatoms. The van der Waals surface area contributed by atoms with E-state index >= 15 is 0 Å². The fourth-order valence-electron chi connectivity index (χ4n) is 3.13. The predicted molar refractivity (Wildman–Crippen MR) is 106 cm³/mol. The molecule has 1 N–H and O–H groups in total. The van der Waals surface area contributed by atoms with E-state index in [-0.39, 0.29) is 16.4 Å². The highest BCUT2D eigenvalue weighted by Gasteiger charge is 2.21. The Morgan fingerprint density at radius 3 is 2.29 bits per heavy atom. The number of hydrogen-bond donors (Lipinski definition) is 1. The van der Waals surface area contributed by atoms with E-state index in [1.807, 2.05) is 4.90 Å². The average molecular weight is 405 g/mol. The smallest absolute Gasteiger partial charge is 0.261 e. The highest BCUT2D eigenvalue weighted by molar-refractivity contribution is 7.92.